The summed E-state index contributed by atoms with van der Waals surface area (Å²) < 4.78 is 0. The second-order valence-corrected chi connectivity index (χ2v) is 6.79. The van der Waals surface area contributed by atoms with Crippen LogP contribution in [0.2, 0.25) is 5.02 Å². The van der Waals surface area contributed by atoms with Gasteiger partial charge in [-0.1, -0.05) is 41.9 Å². The molecule has 1 N–H and O–H groups in total. The average Bonchev–Trinajstić information content (AvgIpc) is 2.67. The summed E-state index contributed by atoms with van der Waals surface area (Å²) in [5, 5.41) is 14.6. The van der Waals surface area contributed by atoms with E-state index in [-0.39, 0.29) is 17.5 Å². The van der Waals surface area contributed by atoms with Crippen molar-refractivity contribution < 1.29 is 9.72 Å². The minimum Gasteiger partial charge on any atom is -0.366 e. The summed E-state index contributed by atoms with van der Waals surface area (Å²) in [6.07, 6.45) is 1.33. The Hall–Kier alpha value is -2.60. The summed E-state index contributed by atoms with van der Waals surface area (Å²) in [5.74, 6) is -0.0274. The number of carbonyl (C=O) groups excluding carboxylic acids is 1. The van der Waals surface area contributed by atoms with Gasteiger partial charge in [-0.15, -0.1) is 0 Å². The van der Waals surface area contributed by atoms with Crippen molar-refractivity contribution in [2.75, 3.05) is 18.0 Å². The molecule has 7 heteroatoms. The quantitative estimate of drug-likeness (QED) is 0.639. The molecule has 1 fully saturated rings. The first-order valence-electron chi connectivity index (χ1n) is 8.55. The number of nitro benzene ring substituents is 1. The van der Waals surface area contributed by atoms with E-state index in [1.54, 1.807) is 12.1 Å². The molecule has 0 aromatic heterocycles. The fourth-order valence-corrected chi connectivity index (χ4v) is 3.39. The molecule has 136 valence electrons. The van der Waals surface area contributed by atoms with Crippen LogP contribution in [-0.2, 0) is 11.3 Å². The third-order valence-electron chi connectivity index (χ3n) is 4.65. The Morgan fingerprint density at radius 1 is 1.19 bits per heavy atom. The molecule has 0 spiro atoms. The molecule has 1 aliphatic rings. The highest BCUT2D eigenvalue weighted by Crippen LogP contribution is 2.33. The summed E-state index contributed by atoms with van der Waals surface area (Å²) in [6, 6.07) is 14.5. The number of carbonyl (C=O) groups is 1. The Morgan fingerprint density at radius 2 is 1.88 bits per heavy atom. The summed E-state index contributed by atoms with van der Waals surface area (Å²) in [4.78, 5) is 25.2. The van der Waals surface area contributed by atoms with Crippen molar-refractivity contribution in [3.05, 3.63) is 69.2 Å². The summed E-state index contributed by atoms with van der Waals surface area (Å²) in [5.41, 5.74) is 1.63. The predicted octanol–water partition coefficient (Wildman–Crippen LogP) is 3.78. The van der Waals surface area contributed by atoms with Gasteiger partial charge in [0.15, 0.2) is 0 Å². The monoisotopic (exact) mass is 373 g/mol. The molecule has 0 radical (unpaired) electrons. The van der Waals surface area contributed by atoms with E-state index in [2.05, 4.69) is 5.32 Å². The van der Waals surface area contributed by atoms with Gasteiger partial charge in [0.1, 0.15) is 5.69 Å². The summed E-state index contributed by atoms with van der Waals surface area (Å²) in [7, 11) is 0. The number of hydrogen-bond acceptors (Lipinski definition) is 4. The smallest absolute Gasteiger partial charge is 0.294 e. The largest absolute Gasteiger partial charge is 0.366 e. The van der Waals surface area contributed by atoms with Crippen molar-refractivity contribution in [3.63, 3.8) is 0 Å². The first-order valence-corrected chi connectivity index (χ1v) is 8.93. The van der Waals surface area contributed by atoms with E-state index in [4.69, 9.17) is 11.6 Å². The van der Waals surface area contributed by atoms with Gasteiger partial charge in [-0.05, 0) is 30.5 Å². The lowest BCUT2D eigenvalue weighted by molar-refractivity contribution is -0.384. The van der Waals surface area contributed by atoms with E-state index in [1.165, 1.54) is 6.07 Å². The lowest BCUT2D eigenvalue weighted by Crippen LogP contribution is -2.40. The topological polar surface area (TPSA) is 75.5 Å². The molecule has 26 heavy (non-hydrogen) atoms. The maximum atomic E-state index is 12.4. The number of rotatable bonds is 5. The van der Waals surface area contributed by atoms with Gasteiger partial charge in [0.05, 0.1) is 4.92 Å². The number of anilines is 1. The summed E-state index contributed by atoms with van der Waals surface area (Å²) in [6.45, 7) is 1.72. The van der Waals surface area contributed by atoms with Crippen LogP contribution in [0.5, 0.6) is 0 Å². The van der Waals surface area contributed by atoms with E-state index in [0.717, 1.165) is 5.56 Å². The highest BCUT2D eigenvalue weighted by Gasteiger charge is 2.28. The van der Waals surface area contributed by atoms with Gasteiger partial charge in [0, 0.05) is 36.6 Å². The molecule has 0 unspecified atom stereocenters. The number of amides is 1. The zero-order valence-electron chi connectivity index (χ0n) is 14.2. The maximum absolute atomic E-state index is 12.4. The Bertz CT molecular complexity index is 790. The molecule has 1 heterocycles. The van der Waals surface area contributed by atoms with Crippen LogP contribution in [-0.4, -0.2) is 23.9 Å². The Morgan fingerprint density at radius 3 is 2.54 bits per heavy atom. The van der Waals surface area contributed by atoms with Gasteiger partial charge in [0.25, 0.3) is 5.69 Å². The number of benzene rings is 2. The molecule has 1 aliphatic heterocycles. The number of nitrogens with zero attached hydrogens (tertiary/aromatic N) is 2. The van der Waals surface area contributed by atoms with E-state index in [9.17, 15) is 14.9 Å². The van der Waals surface area contributed by atoms with Crippen LogP contribution < -0.4 is 10.2 Å². The molecule has 0 bridgehead atoms. The van der Waals surface area contributed by atoms with Crippen LogP contribution in [0, 0.1) is 16.0 Å². The molecule has 1 saturated heterocycles. The highest BCUT2D eigenvalue weighted by atomic mass is 35.5. The molecule has 3 rings (SSSR count). The third-order valence-corrected chi connectivity index (χ3v) is 4.89. The molecule has 2 aromatic rings. The fraction of sp³-hybridized carbons (Fsp3) is 0.316. The molecule has 0 aliphatic carbocycles. The van der Waals surface area contributed by atoms with Gasteiger partial charge in [-0.25, -0.2) is 0 Å². The number of halogens is 1. The second-order valence-electron chi connectivity index (χ2n) is 6.35. The molecular formula is C19H20ClN3O3. The lowest BCUT2D eigenvalue weighted by atomic mass is 9.95. The number of piperidine rings is 1. The van der Waals surface area contributed by atoms with Crippen LogP contribution in [0.3, 0.4) is 0 Å². The van der Waals surface area contributed by atoms with Crippen molar-refractivity contribution in [1.29, 1.82) is 0 Å². The molecule has 2 aromatic carbocycles. The van der Waals surface area contributed by atoms with Crippen molar-refractivity contribution >= 4 is 28.9 Å². The second kappa shape index (κ2) is 8.19. The number of nitrogens with one attached hydrogen (secondary N) is 1. The minimum absolute atomic E-state index is 0.00415. The van der Waals surface area contributed by atoms with Crippen molar-refractivity contribution in [2.45, 2.75) is 19.4 Å². The Kier molecular flexibility index (Phi) is 5.73. The number of nitro groups is 1. The van der Waals surface area contributed by atoms with Gasteiger partial charge in [-0.3, -0.25) is 14.9 Å². The van der Waals surface area contributed by atoms with Crippen molar-refractivity contribution in [3.8, 4) is 0 Å². The van der Waals surface area contributed by atoms with Crippen LogP contribution >= 0.6 is 11.6 Å². The Balaban J connectivity index is 1.57. The van der Waals surface area contributed by atoms with Crippen molar-refractivity contribution in [1.82, 2.24) is 5.32 Å². The van der Waals surface area contributed by atoms with Gasteiger partial charge in [0.2, 0.25) is 5.91 Å². The van der Waals surface area contributed by atoms with Gasteiger partial charge < -0.3 is 10.2 Å². The molecular weight excluding hydrogens is 354 g/mol. The summed E-state index contributed by atoms with van der Waals surface area (Å²) >= 11 is 5.87. The minimum atomic E-state index is -0.417. The number of hydrogen-bond donors (Lipinski definition) is 1. The van der Waals surface area contributed by atoms with E-state index >= 15 is 0 Å². The first-order chi connectivity index (χ1) is 12.5. The van der Waals surface area contributed by atoms with Crippen LogP contribution in [0.1, 0.15) is 18.4 Å². The lowest BCUT2D eigenvalue weighted by Gasteiger charge is -2.32. The van der Waals surface area contributed by atoms with Crippen molar-refractivity contribution in [2.24, 2.45) is 5.92 Å². The normalized spacial score (nSPS) is 14.9. The first kappa shape index (κ1) is 18.2. The fourth-order valence-electron chi connectivity index (χ4n) is 3.22. The average molecular weight is 374 g/mol. The predicted molar refractivity (Wildman–Crippen MR) is 101 cm³/mol. The van der Waals surface area contributed by atoms with Crippen LogP contribution in [0.25, 0.3) is 0 Å². The molecule has 0 saturated carbocycles. The van der Waals surface area contributed by atoms with Gasteiger partial charge in [-0.2, -0.15) is 0 Å². The van der Waals surface area contributed by atoms with Crippen LogP contribution in [0.4, 0.5) is 11.4 Å². The SMILES string of the molecule is O=C(NCc1ccccc1)C1CCN(c2ccc(Cl)cc2[N+](=O)[O-])CC1. The third kappa shape index (κ3) is 4.32. The Labute approximate surface area is 156 Å². The van der Waals surface area contributed by atoms with E-state index in [0.29, 0.717) is 43.2 Å². The standard InChI is InChI=1S/C19H20ClN3O3/c20-16-6-7-17(18(12-16)23(25)26)22-10-8-15(9-11-22)19(24)21-13-14-4-2-1-3-5-14/h1-7,12,15H,8-11,13H2,(H,21,24). The van der Waals surface area contributed by atoms with Crippen LogP contribution in [0.15, 0.2) is 48.5 Å². The van der Waals surface area contributed by atoms with E-state index < -0.39 is 4.92 Å². The molecule has 0 atom stereocenters. The molecule has 1 amide bonds. The maximum Gasteiger partial charge on any atom is 0.294 e. The zero-order valence-corrected chi connectivity index (χ0v) is 15.0. The van der Waals surface area contributed by atoms with E-state index in [1.807, 2.05) is 35.2 Å². The molecule has 6 nitrogen and oxygen atoms in total. The highest BCUT2D eigenvalue weighted by molar-refractivity contribution is 6.30. The van der Waals surface area contributed by atoms with Gasteiger partial charge >= 0.3 is 0 Å². The zero-order chi connectivity index (χ0) is 18.5.